The summed E-state index contributed by atoms with van der Waals surface area (Å²) < 4.78 is 39.4. The molecule has 2 aromatic rings. The highest BCUT2D eigenvalue weighted by molar-refractivity contribution is 5.93. The van der Waals surface area contributed by atoms with Crippen LogP contribution in [0.1, 0.15) is 40.0 Å². The van der Waals surface area contributed by atoms with Gasteiger partial charge >= 0.3 is 6.18 Å². The standard InChI is InChI=1S/C19H21F3N4O2/c20-19(21,22)14-4-1-12(2-5-14)3-6-17(27)24-10-13-7-8-26-16(9-13)15(11-25-26)18(23)28/h1-2,4-5,11,13H,3,6-10H2,(H2,23,28)(H,24,27). The van der Waals surface area contributed by atoms with Gasteiger partial charge in [-0.25, -0.2) is 0 Å². The van der Waals surface area contributed by atoms with E-state index in [1.807, 2.05) is 0 Å². The molecule has 0 bridgehead atoms. The van der Waals surface area contributed by atoms with Crippen LogP contribution in [0.3, 0.4) is 0 Å². The number of nitrogens with one attached hydrogen (secondary N) is 1. The Morgan fingerprint density at radius 3 is 2.61 bits per heavy atom. The highest BCUT2D eigenvalue weighted by Crippen LogP contribution is 2.29. The molecule has 0 fully saturated rings. The molecule has 0 aliphatic carbocycles. The van der Waals surface area contributed by atoms with Gasteiger partial charge in [-0.2, -0.15) is 18.3 Å². The van der Waals surface area contributed by atoms with Crippen LogP contribution in [0, 0.1) is 5.92 Å². The predicted molar refractivity (Wildman–Crippen MR) is 95.3 cm³/mol. The topological polar surface area (TPSA) is 90.0 Å². The number of alkyl halides is 3. The number of hydrogen-bond donors (Lipinski definition) is 2. The Kier molecular flexibility index (Phi) is 5.71. The number of aryl methyl sites for hydroxylation is 2. The molecule has 3 N–H and O–H groups in total. The first kappa shape index (κ1) is 19.9. The van der Waals surface area contributed by atoms with Crippen molar-refractivity contribution in [2.75, 3.05) is 6.54 Å². The number of primary amides is 1. The molecule has 0 saturated heterocycles. The zero-order valence-electron chi connectivity index (χ0n) is 15.1. The average Bonchev–Trinajstić information content (AvgIpc) is 3.08. The molecule has 2 amide bonds. The maximum atomic E-state index is 12.6. The van der Waals surface area contributed by atoms with Gasteiger partial charge < -0.3 is 11.1 Å². The second-order valence-corrected chi connectivity index (χ2v) is 6.95. The van der Waals surface area contributed by atoms with Crippen LogP contribution >= 0.6 is 0 Å². The highest BCUT2D eigenvalue weighted by atomic mass is 19.4. The van der Waals surface area contributed by atoms with Gasteiger partial charge in [-0.05, 0) is 42.9 Å². The van der Waals surface area contributed by atoms with E-state index in [0.29, 0.717) is 37.1 Å². The molecule has 150 valence electrons. The number of halogens is 3. The van der Waals surface area contributed by atoms with E-state index in [1.54, 1.807) is 4.68 Å². The third kappa shape index (κ3) is 4.71. The summed E-state index contributed by atoms with van der Waals surface area (Å²) in [5.74, 6) is -0.492. The number of amides is 2. The lowest BCUT2D eigenvalue weighted by Gasteiger charge is -2.24. The van der Waals surface area contributed by atoms with Crippen molar-refractivity contribution in [1.82, 2.24) is 15.1 Å². The Morgan fingerprint density at radius 1 is 1.25 bits per heavy atom. The quantitative estimate of drug-likeness (QED) is 0.788. The number of benzene rings is 1. The first-order chi connectivity index (χ1) is 13.2. The summed E-state index contributed by atoms with van der Waals surface area (Å²) in [6, 6.07) is 4.83. The summed E-state index contributed by atoms with van der Waals surface area (Å²) >= 11 is 0. The van der Waals surface area contributed by atoms with E-state index < -0.39 is 17.6 Å². The lowest BCUT2D eigenvalue weighted by molar-refractivity contribution is -0.137. The maximum Gasteiger partial charge on any atom is 0.416 e. The van der Waals surface area contributed by atoms with Crippen LogP contribution in [0.2, 0.25) is 0 Å². The van der Waals surface area contributed by atoms with Crippen molar-refractivity contribution in [1.29, 1.82) is 0 Å². The number of hydrogen-bond acceptors (Lipinski definition) is 3. The minimum Gasteiger partial charge on any atom is -0.365 e. The van der Waals surface area contributed by atoms with E-state index in [9.17, 15) is 22.8 Å². The normalized spacial score (nSPS) is 16.5. The molecule has 1 atom stereocenters. The van der Waals surface area contributed by atoms with Gasteiger partial charge in [0.15, 0.2) is 0 Å². The van der Waals surface area contributed by atoms with Crippen LogP contribution in [0.4, 0.5) is 13.2 Å². The van der Waals surface area contributed by atoms with E-state index in [-0.39, 0.29) is 18.2 Å². The molecule has 0 spiro atoms. The lowest BCUT2D eigenvalue weighted by Crippen LogP contribution is -2.34. The van der Waals surface area contributed by atoms with Gasteiger partial charge in [0.1, 0.15) is 0 Å². The minimum absolute atomic E-state index is 0.158. The van der Waals surface area contributed by atoms with Crippen molar-refractivity contribution in [2.45, 2.75) is 38.4 Å². The smallest absolute Gasteiger partial charge is 0.365 e. The van der Waals surface area contributed by atoms with E-state index in [1.165, 1.54) is 18.3 Å². The molecule has 0 saturated carbocycles. The van der Waals surface area contributed by atoms with Crippen LogP contribution in [-0.4, -0.2) is 28.1 Å². The van der Waals surface area contributed by atoms with Crippen LogP contribution in [0.5, 0.6) is 0 Å². The molecule has 2 heterocycles. The summed E-state index contributed by atoms with van der Waals surface area (Å²) in [4.78, 5) is 23.5. The third-order valence-electron chi connectivity index (χ3n) is 4.96. The maximum absolute atomic E-state index is 12.6. The molecule has 3 rings (SSSR count). The van der Waals surface area contributed by atoms with Crippen molar-refractivity contribution in [2.24, 2.45) is 11.7 Å². The molecule has 1 aliphatic rings. The molecule has 0 radical (unpaired) electrons. The van der Waals surface area contributed by atoms with Crippen LogP contribution < -0.4 is 11.1 Å². The van der Waals surface area contributed by atoms with Gasteiger partial charge in [0, 0.05) is 19.5 Å². The molecule has 1 aromatic carbocycles. The molecule has 28 heavy (non-hydrogen) atoms. The van der Waals surface area contributed by atoms with Crippen molar-refractivity contribution in [3.05, 3.63) is 52.8 Å². The Bertz CT molecular complexity index is 859. The van der Waals surface area contributed by atoms with Gasteiger partial charge in [-0.15, -0.1) is 0 Å². The molecule has 1 unspecified atom stereocenters. The predicted octanol–water partition coefficient (Wildman–Crippen LogP) is 2.31. The first-order valence-corrected chi connectivity index (χ1v) is 9.01. The van der Waals surface area contributed by atoms with Crippen molar-refractivity contribution < 1.29 is 22.8 Å². The largest absolute Gasteiger partial charge is 0.416 e. The molecular formula is C19H21F3N4O2. The van der Waals surface area contributed by atoms with Crippen molar-refractivity contribution in [3.63, 3.8) is 0 Å². The Hall–Kier alpha value is -2.84. The molecule has 6 nitrogen and oxygen atoms in total. The summed E-state index contributed by atoms with van der Waals surface area (Å²) in [5, 5.41) is 7.02. The minimum atomic E-state index is -4.36. The van der Waals surface area contributed by atoms with Crippen LogP contribution in [-0.2, 0) is 30.4 Å². The second-order valence-electron chi connectivity index (χ2n) is 6.95. The fraction of sp³-hybridized carbons (Fsp3) is 0.421. The summed E-state index contributed by atoms with van der Waals surface area (Å²) in [5.41, 5.74) is 6.54. The van der Waals surface area contributed by atoms with Gasteiger partial charge in [-0.1, -0.05) is 12.1 Å². The number of nitrogens with two attached hydrogens (primary N) is 1. The van der Waals surface area contributed by atoms with E-state index in [4.69, 9.17) is 5.73 Å². The lowest BCUT2D eigenvalue weighted by atomic mass is 9.94. The number of aromatic nitrogens is 2. The van der Waals surface area contributed by atoms with Gasteiger partial charge in [-0.3, -0.25) is 14.3 Å². The molecular weight excluding hydrogens is 373 g/mol. The zero-order chi connectivity index (χ0) is 20.3. The SMILES string of the molecule is NC(=O)c1cnn2c1CC(CNC(=O)CCc1ccc(C(F)(F)F)cc1)CC2. The van der Waals surface area contributed by atoms with E-state index in [2.05, 4.69) is 10.4 Å². The van der Waals surface area contributed by atoms with Gasteiger partial charge in [0.05, 0.1) is 23.0 Å². The summed E-state index contributed by atoms with van der Waals surface area (Å²) in [7, 11) is 0. The van der Waals surface area contributed by atoms with Gasteiger partial charge in [0.25, 0.3) is 5.91 Å². The molecule has 1 aromatic heterocycles. The fourth-order valence-electron chi connectivity index (χ4n) is 3.34. The number of carbonyl (C=O) groups excluding carboxylic acids is 2. The fourth-order valence-corrected chi connectivity index (χ4v) is 3.34. The van der Waals surface area contributed by atoms with E-state index in [0.717, 1.165) is 24.2 Å². The van der Waals surface area contributed by atoms with Crippen molar-refractivity contribution in [3.8, 4) is 0 Å². The second kappa shape index (κ2) is 8.04. The highest BCUT2D eigenvalue weighted by Gasteiger charge is 2.30. The Morgan fingerprint density at radius 2 is 1.96 bits per heavy atom. The van der Waals surface area contributed by atoms with Crippen LogP contribution in [0.25, 0.3) is 0 Å². The first-order valence-electron chi connectivity index (χ1n) is 9.01. The summed E-state index contributed by atoms with van der Waals surface area (Å²) in [6.45, 7) is 1.13. The Labute approximate surface area is 159 Å². The average molecular weight is 394 g/mol. The van der Waals surface area contributed by atoms with E-state index >= 15 is 0 Å². The number of nitrogens with zero attached hydrogens (tertiary/aromatic N) is 2. The number of carbonyl (C=O) groups is 2. The third-order valence-corrected chi connectivity index (χ3v) is 4.96. The number of rotatable bonds is 6. The number of fused-ring (bicyclic) bond motifs is 1. The molecule has 9 heteroatoms. The summed E-state index contributed by atoms with van der Waals surface area (Å²) in [6.07, 6.45) is -0.887. The zero-order valence-corrected chi connectivity index (χ0v) is 15.1. The molecule has 1 aliphatic heterocycles. The monoisotopic (exact) mass is 394 g/mol. The van der Waals surface area contributed by atoms with Gasteiger partial charge in [0.2, 0.25) is 5.91 Å². The van der Waals surface area contributed by atoms with Crippen molar-refractivity contribution >= 4 is 11.8 Å². The van der Waals surface area contributed by atoms with Crippen LogP contribution in [0.15, 0.2) is 30.5 Å². The Balaban J connectivity index is 1.46.